The number of hydrogen-bond donors (Lipinski definition) is 1. The monoisotopic (exact) mass is 424 g/mol. The van der Waals surface area contributed by atoms with E-state index < -0.39 is 5.82 Å². The minimum atomic E-state index is -0.521. The van der Waals surface area contributed by atoms with Crippen LogP contribution in [-0.2, 0) is 17.8 Å². The zero-order valence-electron chi connectivity index (χ0n) is 14.8. The van der Waals surface area contributed by atoms with E-state index in [0.717, 1.165) is 17.8 Å². The lowest BCUT2D eigenvalue weighted by Crippen LogP contribution is -2.14. The molecule has 5 nitrogen and oxygen atoms in total. The first-order valence-electron chi connectivity index (χ1n) is 8.40. The third-order valence-corrected chi connectivity index (χ3v) is 6.17. The Kier molecular flexibility index (Phi) is 6.51. The van der Waals surface area contributed by atoms with Gasteiger partial charge >= 0.3 is 0 Å². The summed E-state index contributed by atoms with van der Waals surface area (Å²) < 4.78 is 15.2. The van der Waals surface area contributed by atoms with Gasteiger partial charge in [-0.1, -0.05) is 30.3 Å². The summed E-state index contributed by atoms with van der Waals surface area (Å²) in [5, 5.41) is 14.0. The van der Waals surface area contributed by atoms with Gasteiger partial charge in [-0.2, -0.15) is 0 Å². The summed E-state index contributed by atoms with van der Waals surface area (Å²) in [5.41, 5.74) is 1.50. The predicted octanol–water partition coefficient (Wildman–Crippen LogP) is 5.11. The third kappa shape index (κ3) is 4.69. The van der Waals surface area contributed by atoms with Gasteiger partial charge in [0.25, 0.3) is 0 Å². The number of nitrogens with zero attached hydrogens (tertiary/aromatic N) is 3. The van der Waals surface area contributed by atoms with Gasteiger partial charge < -0.3 is 9.88 Å². The van der Waals surface area contributed by atoms with E-state index in [0.29, 0.717) is 17.4 Å². The molecular formula is C18H18ClFN4OS2. The van der Waals surface area contributed by atoms with Gasteiger partial charge in [0.15, 0.2) is 11.0 Å². The molecule has 0 saturated heterocycles. The molecule has 0 aliphatic heterocycles. The van der Waals surface area contributed by atoms with E-state index in [1.165, 1.54) is 34.8 Å². The summed E-state index contributed by atoms with van der Waals surface area (Å²) in [4.78, 5) is 13.5. The van der Waals surface area contributed by atoms with Crippen molar-refractivity contribution in [2.75, 3.05) is 11.1 Å². The Morgan fingerprint density at radius 1 is 1.33 bits per heavy atom. The highest BCUT2D eigenvalue weighted by atomic mass is 35.5. The number of anilines is 1. The van der Waals surface area contributed by atoms with Crippen molar-refractivity contribution < 1.29 is 9.18 Å². The molecule has 1 aromatic carbocycles. The topological polar surface area (TPSA) is 59.8 Å². The zero-order chi connectivity index (χ0) is 19.4. The maximum atomic E-state index is 13.2. The lowest BCUT2D eigenvalue weighted by atomic mass is 10.2. The van der Waals surface area contributed by atoms with Crippen LogP contribution in [-0.4, -0.2) is 26.4 Å². The smallest absolute Gasteiger partial charge is 0.234 e. The number of nitrogens with one attached hydrogen (secondary N) is 1. The predicted molar refractivity (Wildman–Crippen MR) is 109 cm³/mol. The van der Waals surface area contributed by atoms with E-state index in [1.54, 1.807) is 11.3 Å². The van der Waals surface area contributed by atoms with Crippen LogP contribution in [0, 0.1) is 5.82 Å². The molecule has 1 amide bonds. The van der Waals surface area contributed by atoms with Crippen LogP contribution >= 0.6 is 34.7 Å². The van der Waals surface area contributed by atoms with Gasteiger partial charge in [0.1, 0.15) is 5.82 Å². The molecule has 2 aromatic heterocycles. The standard InChI is InChI=1S/C18H18ClFN4OS2/c1-3-13-7-11(9-26-13)17-22-23-18(24(17)4-2)27-10-16(25)21-12-5-6-15(20)14(19)8-12/h5-9H,3-4,10H2,1-2H3,(H,21,25). The molecule has 2 heterocycles. The SMILES string of the molecule is CCc1cc(-c2nnc(SCC(=O)Nc3ccc(F)c(Cl)c3)n2CC)cs1. The molecule has 0 unspecified atom stereocenters. The molecule has 0 atom stereocenters. The quantitative estimate of drug-likeness (QED) is 0.535. The lowest BCUT2D eigenvalue weighted by Gasteiger charge is -2.07. The van der Waals surface area contributed by atoms with Crippen LogP contribution in [0.3, 0.4) is 0 Å². The highest BCUT2D eigenvalue weighted by Crippen LogP contribution is 2.28. The number of hydrogen-bond acceptors (Lipinski definition) is 5. The fourth-order valence-electron chi connectivity index (χ4n) is 2.48. The number of aryl methyl sites for hydroxylation is 1. The molecule has 0 fully saturated rings. The van der Waals surface area contributed by atoms with Crippen molar-refractivity contribution in [1.82, 2.24) is 14.8 Å². The molecule has 142 valence electrons. The number of thioether (sulfide) groups is 1. The van der Waals surface area contributed by atoms with Gasteiger partial charge in [-0.25, -0.2) is 4.39 Å². The van der Waals surface area contributed by atoms with Crippen molar-refractivity contribution in [2.45, 2.75) is 32.0 Å². The molecule has 0 bridgehead atoms. The summed E-state index contributed by atoms with van der Waals surface area (Å²) in [7, 11) is 0. The summed E-state index contributed by atoms with van der Waals surface area (Å²) >= 11 is 8.74. The number of carbonyl (C=O) groups is 1. The highest BCUT2D eigenvalue weighted by molar-refractivity contribution is 7.99. The maximum Gasteiger partial charge on any atom is 0.234 e. The van der Waals surface area contributed by atoms with Gasteiger partial charge in [0.05, 0.1) is 10.8 Å². The molecule has 1 N–H and O–H groups in total. The van der Waals surface area contributed by atoms with E-state index >= 15 is 0 Å². The summed E-state index contributed by atoms with van der Waals surface area (Å²) in [6.45, 7) is 4.84. The Bertz CT molecular complexity index is 957. The summed E-state index contributed by atoms with van der Waals surface area (Å²) in [6.07, 6.45) is 0.986. The Labute approximate surface area is 170 Å². The molecule has 27 heavy (non-hydrogen) atoms. The van der Waals surface area contributed by atoms with Crippen LogP contribution < -0.4 is 5.32 Å². The van der Waals surface area contributed by atoms with Gasteiger partial charge in [-0.15, -0.1) is 21.5 Å². The van der Waals surface area contributed by atoms with Crippen molar-refractivity contribution in [1.29, 1.82) is 0 Å². The van der Waals surface area contributed by atoms with E-state index in [9.17, 15) is 9.18 Å². The normalized spacial score (nSPS) is 11.0. The van der Waals surface area contributed by atoms with E-state index in [4.69, 9.17) is 11.6 Å². The fourth-order valence-corrected chi connectivity index (χ4v) is 4.27. The van der Waals surface area contributed by atoms with Crippen LogP contribution in [0.4, 0.5) is 10.1 Å². The Balaban J connectivity index is 1.67. The Hall–Kier alpha value is -1.90. The molecule has 3 aromatic rings. The summed E-state index contributed by atoms with van der Waals surface area (Å²) in [5.74, 6) is 0.226. The number of aromatic nitrogens is 3. The van der Waals surface area contributed by atoms with E-state index in [2.05, 4.69) is 33.9 Å². The number of thiophene rings is 1. The van der Waals surface area contributed by atoms with Crippen LogP contribution in [0.2, 0.25) is 5.02 Å². The van der Waals surface area contributed by atoms with Gasteiger partial charge in [0.2, 0.25) is 5.91 Å². The largest absolute Gasteiger partial charge is 0.325 e. The molecule has 0 spiro atoms. The molecule has 0 saturated carbocycles. The second-order valence-electron chi connectivity index (χ2n) is 5.67. The number of rotatable bonds is 7. The average Bonchev–Trinajstić information content (AvgIpc) is 3.29. The van der Waals surface area contributed by atoms with Crippen molar-refractivity contribution in [3.8, 4) is 11.4 Å². The number of carbonyl (C=O) groups excluding carboxylic acids is 1. The van der Waals surface area contributed by atoms with E-state index in [1.807, 2.05) is 11.5 Å². The van der Waals surface area contributed by atoms with Crippen LogP contribution in [0.15, 0.2) is 34.8 Å². The van der Waals surface area contributed by atoms with Crippen molar-refractivity contribution in [2.24, 2.45) is 0 Å². The van der Waals surface area contributed by atoms with Crippen LogP contribution in [0.5, 0.6) is 0 Å². The van der Waals surface area contributed by atoms with Gasteiger partial charge in [-0.05, 0) is 37.6 Å². The molecule has 0 aliphatic rings. The number of amides is 1. The minimum Gasteiger partial charge on any atom is -0.325 e. The van der Waals surface area contributed by atoms with Crippen molar-refractivity contribution >= 4 is 46.3 Å². The second-order valence-corrected chi connectivity index (χ2v) is 8.02. The number of benzene rings is 1. The second kappa shape index (κ2) is 8.86. The fraction of sp³-hybridized carbons (Fsp3) is 0.278. The first-order valence-corrected chi connectivity index (χ1v) is 10.6. The Morgan fingerprint density at radius 3 is 2.81 bits per heavy atom. The van der Waals surface area contributed by atoms with Gasteiger partial charge in [0, 0.05) is 28.1 Å². The lowest BCUT2D eigenvalue weighted by molar-refractivity contribution is -0.113. The Morgan fingerprint density at radius 2 is 2.15 bits per heavy atom. The molecular weight excluding hydrogens is 407 g/mol. The average molecular weight is 425 g/mol. The van der Waals surface area contributed by atoms with E-state index in [-0.39, 0.29) is 16.7 Å². The zero-order valence-corrected chi connectivity index (χ0v) is 17.2. The summed E-state index contributed by atoms with van der Waals surface area (Å²) in [6, 6.07) is 6.20. The minimum absolute atomic E-state index is 0.0296. The molecule has 9 heteroatoms. The van der Waals surface area contributed by atoms with Crippen LogP contribution in [0.1, 0.15) is 18.7 Å². The first-order chi connectivity index (χ1) is 13.0. The van der Waals surface area contributed by atoms with Crippen molar-refractivity contribution in [3.05, 3.63) is 45.4 Å². The third-order valence-electron chi connectivity index (χ3n) is 3.83. The first kappa shape index (κ1) is 19.9. The van der Waals surface area contributed by atoms with Gasteiger partial charge in [-0.3, -0.25) is 4.79 Å². The molecule has 0 aliphatic carbocycles. The number of halogens is 2. The maximum absolute atomic E-state index is 13.2. The van der Waals surface area contributed by atoms with Crippen molar-refractivity contribution in [3.63, 3.8) is 0 Å². The van der Waals surface area contributed by atoms with Crippen LogP contribution in [0.25, 0.3) is 11.4 Å². The molecule has 0 radical (unpaired) electrons. The molecule has 3 rings (SSSR count). The highest BCUT2D eigenvalue weighted by Gasteiger charge is 2.16.